The zero-order valence-corrected chi connectivity index (χ0v) is 15.1. The smallest absolute Gasteiger partial charge is 0.372 e. The van der Waals surface area contributed by atoms with Crippen LogP contribution in [0.5, 0.6) is 0 Å². The summed E-state index contributed by atoms with van der Waals surface area (Å²) >= 11 is 0. The van der Waals surface area contributed by atoms with Crippen LogP contribution in [0.15, 0.2) is 60.7 Å². The standard InChI is InChI=1S/C18H22F2NO3P/c1-3-23-25(22,24-4-2)18(19,20)17(15-11-7-5-8-12-15)21-16-13-9-6-10-14-16/h5-14,17,21H,3-4H2,1-2H3/t17-/m1/s1. The van der Waals surface area contributed by atoms with E-state index in [0.29, 0.717) is 5.69 Å². The molecule has 7 heteroatoms. The minimum atomic E-state index is -4.68. The Hall–Kier alpha value is -1.75. The molecule has 2 aromatic carbocycles. The number of alkyl halides is 2. The lowest BCUT2D eigenvalue weighted by Crippen LogP contribution is -2.34. The van der Waals surface area contributed by atoms with Crippen LogP contribution in [0.3, 0.4) is 0 Å². The van der Waals surface area contributed by atoms with Gasteiger partial charge in [-0.05, 0) is 31.5 Å². The van der Waals surface area contributed by atoms with Crippen molar-refractivity contribution in [2.75, 3.05) is 18.5 Å². The van der Waals surface area contributed by atoms with Gasteiger partial charge in [0.25, 0.3) is 0 Å². The Balaban J connectivity index is 2.47. The zero-order valence-electron chi connectivity index (χ0n) is 14.2. The molecule has 0 fully saturated rings. The molecule has 0 aromatic heterocycles. The topological polar surface area (TPSA) is 47.6 Å². The predicted molar refractivity (Wildman–Crippen MR) is 95.1 cm³/mol. The molecule has 0 spiro atoms. The van der Waals surface area contributed by atoms with Crippen molar-refractivity contribution in [2.24, 2.45) is 0 Å². The van der Waals surface area contributed by atoms with E-state index in [0.717, 1.165) is 0 Å². The summed E-state index contributed by atoms with van der Waals surface area (Å²) in [4.78, 5) is 0. The molecular weight excluding hydrogens is 347 g/mol. The van der Waals surface area contributed by atoms with Gasteiger partial charge in [0.2, 0.25) is 0 Å². The normalized spacial score (nSPS) is 13.4. The molecule has 0 amide bonds. The molecule has 2 rings (SSSR count). The molecule has 0 saturated heterocycles. The zero-order chi connectivity index (χ0) is 18.3. The number of nitrogens with one attached hydrogen (secondary N) is 1. The number of benzene rings is 2. The Kier molecular flexibility index (Phi) is 6.71. The molecule has 0 unspecified atom stereocenters. The molecule has 4 nitrogen and oxygen atoms in total. The Labute approximate surface area is 146 Å². The first kappa shape index (κ1) is 19.6. The molecule has 0 radical (unpaired) electrons. The fourth-order valence-electron chi connectivity index (χ4n) is 2.42. The third kappa shape index (κ3) is 4.46. The van der Waals surface area contributed by atoms with E-state index in [4.69, 9.17) is 9.05 Å². The molecule has 136 valence electrons. The van der Waals surface area contributed by atoms with Crippen LogP contribution < -0.4 is 5.32 Å². The molecule has 25 heavy (non-hydrogen) atoms. The van der Waals surface area contributed by atoms with Crippen molar-refractivity contribution >= 4 is 13.3 Å². The van der Waals surface area contributed by atoms with E-state index < -0.39 is 19.3 Å². The summed E-state index contributed by atoms with van der Waals surface area (Å²) < 4.78 is 53.3. The van der Waals surface area contributed by atoms with E-state index in [1.54, 1.807) is 60.7 Å². The van der Waals surface area contributed by atoms with Gasteiger partial charge in [-0.25, -0.2) is 0 Å². The second kappa shape index (κ2) is 8.56. The summed E-state index contributed by atoms with van der Waals surface area (Å²) in [6.45, 7) is 2.73. The fourth-order valence-corrected chi connectivity index (χ4v) is 4.05. The summed E-state index contributed by atoms with van der Waals surface area (Å²) in [6.07, 6.45) is 0. The average Bonchev–Trinajstić information content (AvgIpc) is 2.61. The predicted octanol–water partition coefficient (Wildman–Crippen LogP) is 5.70. The van der Waals surface area contributed by atoms with Crippen molar-refractivity contribution in [1.29, 1.82) is 0 Å². The van der Waals surface area contributed by atoms with Gasteiger partial charge in [0.15, 0.2) is 0 Å². The minimum absolute atomic E-state index is 0.139. The molecule has 0 heterocycles. The van der Waals surface area contributed by atoms with Crippen LogP contribution in [-0.4, -0.2) is 18.9 Å². The van der Waals surface area contributed by atoms with Crippen molar-refractivity contribution in [3.8, 4) is 0 Å². The van der Waals surface area contributed by atoms with E-state index in [2.05, 4.69) is 5.32 Å². The number of rotatable bonds is 9. The number of para-hydroxylation sites is 1. The highest BCUT2D eigenvalue weighted by Gasteiger charge is 2.59. The van der Waals surface area contributed by atoms with Crippen LogP contribution >= 0.6 is 7.60 Å². The first-order valence-electron chi connectivity index (χ1n) is 8.08. The highest BCUT2D eigenvalue weighted by molar-refractivity contribution is 7.55. The molecular formula is C18H22F2NO3P. The molecule has 0 aliphatic rings. The highest BCUT2D eigenvalue weighted by atomic mass is 31.2. The van der Waals surface area contributed by atoms with Gasteiger partial charge in [-0.15, -0.1) is 0 Å². The summed E-state index contributed by atoms with van der Waals surface area (Å²) in [5.74, 6) is 0. The largest absolute Gasteiger partial charge is 0.402 e. The van der Waals surface area contributed by atoms with E-state index in [-0.39, 0.29) is 18.8 Å². The van der Waals surface area contributed by atoms with Gasteiger partial charge in [0, 0.05) is 5.69 Å². The van der Waals surface area contributed by atoms with Crippen LogP contribution in [0.25, 0.3) is 0 Å². The van der Waals surface area contributed by atoms with Gasteiger partial charge in [-0.3, -0.25) is 4.57 Å². The van der Waals surface area contributed by atoms with Gasteiger partial charge in [-0.1, -0.05) is 48.5 Å². The second-order valence-corrected chi connectivity index (χ2v) is 7.38. The maximum atomic E-state index is 15.3. The Morgan fingerprint density at radius 2 is 1.44 bits per heavy atom. The maximum Gasteiger partial charge on any atom is 0.402 e. The molecule has 0 saturated carbocycles. The van der Waals surface area contributed by atoms with Crippen LogP contribution in [0.4, 0.5) is 14.5 Å². The number of anilines is 1. The Morgan fingerprint density at radius 1 is 0.960 bits per heavy atom. The van der Waals surface area contributed by atoms with Crippen molar-refractivity contribution in [2.45, 2.75) is 25.6 Å². The van der Waals surface area contributed by atoms with E-state index >= 15 is 8.78 Å². The second-order valence-electron chi connectivity index (χ2n) is 5.27. The Morgan fingerprint density at radius 3 is 1.92 bits per heavy atom. The fraction of sp³-hybridized carbons (Fsp3) is 0.333. The van der Waals surface area contributed by atoms with Crippen LogP contribution in [0, 0.1) is 0 Å². The first-order chi connectivity index (χ1) is 11.9. The molecule has 1 N–H and O–H groups in total. The van der Waals surface area contributed by atoms with Crippen LogP contribution in [0.2, 0.25) is 0 Å². The summed E-state index contributed by atoms with van der Waals surface area (Å²) in [5, 5.41) is 2.78. The molecule has 0 bridgehead atoms. The summed E-state index contributed by atoms with van der Waals surface area (Å²) in [6, 6.07) is 15.1. The van der Waals surface area contributed by atoms with Crippen LogP contribution in [0.1, 0.15) is 25.5 Å². The summed E-state index contributed by atoms with van der Waals surface area (Å²) in [7, 11) is -4.68. The van der Waals surface area contributed by atoms with Crippen molar-refractivity contribution in [1.82, 2.24) is 0 Å². The number of hydrogen-bond acceptors (Lipinski definition) is 4. The third-order valence-corrected chi connectivity index (χ3v) is 5.71. The monoisotopic (exact) mass is 369 g/mol. The molecule has 2 aromatic rings. The molecule has 1 atom stereocenters. The number of hydrogen-bond donors (Lipinski definition) is 1. The Bertz CT molecular complexity index is 688. The van der Waals surface area contributed by atoms with E-state index in [1.165, 1.54) is 13.8 Å². The van der Waals surface area contributed by atoms with Gasteiger partial charge in [-0.2, -0.15) is 8.78 Å². The first-order valence-corrected chi connectivity index (χ1v) is 9.62. The van der Waals surface area contributed by atoms with Crippen molar-refractivity contribution < 1.29 is 22.4 Å². The molecule has 0 aliphatic carbocycles. The highest BCUT2D eigenvalue weighted by Crippen LogP contribution is 2.66. The maximum absolute atomic E-state index is 15.3. The van der Waals surface area contributed by atoms with Gasteiger partial charge in [0.05, 0.1) is 13.2 Å². The lowest BCUT2D eigenvalue weighted by molar-refractivity contribution is 0.0218. The quantitative estimate of drug-likeness (QED) is 0.576. The molecule has 0 aliphatic heterocycles. The average molecular weight is 369 g/mol. The minimum Gasteiger partial charge on any atom is -0.372 e. The SMILES string of the molecule is CCOP(=O)(OCC)C(F)(F)[C@H](Nc1ccccc1)c1ccccc1. The third-order valence-electron chi connectivity index (χ3n) is 3.53. The van der Waals surface area contributed by atoms with Gasteiger partial charge in [0.1, 0.15) is 6.04 Å². The number of halogens is 2. The van der Waals surface area contributed by atoms with Crippen molar-refractivity contribution in [3.05, 3.63) is 66.2 Å². The van der Waals surface area contributed by atoms with Crippen LogP contribution in [-0.2, 0) is 13.6 Å². The van der Waals surface area contributed by atoms with Gasteiger partial charge >= 0.3 is 13.3 Å². The lowest BCUT2D eigenvalue weighted by atomic mass is 10.1. The summed E-state index contributed by atoms with van der Waals surface area (Å²) in [5.41, 5.74) is -3.00. The van der Waals surface area contributed by atoms with E-state index in [1.807, 2.05) is 0 Å². The van der Waals surface area contributed by atoms with Gasteiger partial charge < -0.3 is 14.4 Å². The lowest BCUT2D eigenvalue weighted by Gasteiger charge is -2.33. The van der Waals surface area contributed by atoms with E-state index in [9.17, 15) is 4.57 Å². The van der Waals surface area contributed by atoms with Crippen molar-refractivity contribution in [3.63, 3.8) is 0 Å².